The largest absolute Gasteiger partial charge is 0.490 e. The zero-order valence-corrected chi connectivity index (χ0v) is 22.8. The summed E-state index contributed by atoms with van der Waals surface area (Å²) in [7, 11) is 0. The number of hydrazone groups is 1. The second kappa shape index (κ2) is 15.0. The molecule has 2 N–H and O–H groups in total. The molecule has 206 valence electrons. The molecule has 2 amide bonds. The molecule has 0 aromatic heterocycles. The lowest BCUT2D eigenvalue weighted by atomic mass is 10.2. The molecule has 9 heteroatoms. The lowest BCUT2D eigenvalue weighted by Gasteiger charge is -2.13. The van der Waals surface area contributed by atoms with Crippen molar-refractivity contribution in [3.63, 3.8) is 0 Å². The van der Waals surface area contributed by atoms with E-state index in [1.807, 2.05) is 52.0 Å². The highest BCUT2D eigenvalue weighted by Crippen LogP contribution is 2.29. The molecule has 0 spiro atoms. The van der Waals surface area contributed by atoms with Crippen LogP contribution in [-0.2, 0) is 4.79 Å². The Hall–Kier alpha value is -4.53. The van der Waals surface area contributed by atoms with Gasteiger partial charge in [0.2, 0.25) is 0 Å². The summed E-state index contributed by atoms with van der Waals surface area (Å²) in [6.07, 6.45) is 2.36. The van der Waals surface area contributed by atoms with Crippen LogP contribution in [0.15, 0.2) is 65.8 Å². The SMILES string of the molecule is CCCOc1ccc(C(=O)N/N=C/c2ccc(OCC(=O)Nc3cccc(C)c3)c(OCC)c2)cc1OCC. The maximum Gasteiger partial charge on any atom is 0.271 e. The van der Waals surface area contributed by atoms with E-state index in [1.54, 1.807) is 36.4 Å². The van der Waals surface area contributed by atoms with E-state index in [2.05, 4.69) is 15.8 Å². The summed E-state index contributed by atoms with van der Waals surface area (Å²) in [5.74, 6) is 1.31. The van der Waals surface area contributed by atoms with Gasteiger partial charge < -0.3 is 24.3 Å². The predicted molar refractivity (Wildman–Crippen MR) is 151 cm³/mol. The van der Waals surface area contributed by atoms with Gasteiger partial charge in [-0.1, -0.05) is 19.1 Å². The van der Waals surface area contributed by atoms with Crippen LogP contribution < -0.4 is 29.7 Å². The van der Waals surface area contributed by atoms with Crippen molar-refractivity contribution in [3.05, 3.63) is 77.4 Å². The van der Waals surface area contributed by atoms with Gasteiger partial charge in [-0.25, -0.2) is 5.43 Å². The van der Waals surface area contributed by atoms with Gasteiger partial charge in [-0.3, -0.25) is 9.59 Å². The van der Waals surface area contributed by atoms with Crippen molar-refractivity contribution in [1.29, 1.82) is 0 Å². The smallest absolute Gasteiger partial charge is 0.271 e. The van der Waals surface area contributed by atoms with Crippen molar-refractivity contribution < 1.29 is 28.5 Å². The van der Waals surface area contributed by atoms with Gasteiger partial charge in [0.15, 0.2) is 29.6 Å². The maximum absolute atomic E-state index is 12.6. The summed E-state index contributed by atoms with van der Waals surface area (Å²) in [5, 5.41) is 6.88. The molecule has 39 heavy (non-hydrogen) atoms. The Balaban J connectivity index is 1.61. The van der Waals surface area contributed by atoms with E-state index < -0.39 is 0 Å². The summed E-state index contributed by atoms with van der Waals surface area (Å²) < 4.78 is 22.7. The van der Waals surface area contributed by atoms with Crippen molar-refractivity contribution in [2.75, 3.05) is 31.7 Å². The number of rotatable bonds is 14. The van der Waals surface area contributed by atoms with E-state index in [0.717, 1.165) is 12.0 Å². The number of nitrogens with zero attached hydrogens (tertiary/aromatic N) is 1. The van der Waals surface area contributed by atoms with Gasteiger partial charge in [0.1, 0.15) is 0 Å². The molecule has 0 saturated heterocycles. The standard InChI is InChI=1S/C30H35N3O6/c1-5-15-38-25-14-12-23(18-28(25)37-7-3)30(35)33-31-19-22-11-13-26(27(17-22)36-6-2)39-20-29(34)32-24-10-8-9-21(4)16-24/h8-14,16-19H,5-7,15,20H2,1-4H3,(H,32,34)(H,33,35)/b31-19+. The molecule has 0 aliphatic heterocycles. The van der Waals surface area contributed by atoms with Crippen LogP contribution in [0.3, 0.4) is 0 Å². The highest BCUT2D eigenvalue weighted by atomic mass is 16.5. The van der Waals surface area contributed by atoms with E-state index >= 15 is 0 Å². The number of aryl methyl sites for hydroxylation is 1. The van der Waals surface area contributed by atoms with Crippen molar-refractivity contribution in [2.24, 2.45) is 5.10 Å². The fraction of sp³-hybridized carbons (Fsp3) is 0.300. The first-order valence-corrected chi connectivity index (χ1v) is 12.9. The number of hydrogen-bond acceptors (Lipinski definition) is 7. The molecule has 0 atom stereocenters. The van der Waals surface area contributed by atoms with E-state index in [-0.39, 0.29) is 18.4 Å². The molecule has 0 saturated carbocycles. The van der Waals surface area contributed by atoms with Crippen LogP contribution in [0.2, 0.25) is 0 Å². The highest BCUT2D eigenvalue weighted by molar-refractivity contribution is 5.95. The summed E-state index contributed by atoms with van der Waals surface area (Å²) in [6, 6.07) is 17.7. The quantitative estimate of drug-likeness (QED) is 0.213. The lowest BCUT2D eigenvalue weighted by molar-refractivity contribution is -0.118. The first kappa shape index (κ1) is 29.0. The Kier molecular flexibility index (Phi) is 11.2. The van der Waals surface area contributed by atoms with Crippen molar-refractivity contribution in [2.45, 2.75) is 34.1 Å². The number of ether oxygens (including phenoxy) is 4. The van der Waals surface area contributed by atoms with Gasteiger partial charge >= 0.3 is 0 Å². The molecule has 0 fully saturated rings. The molecule has 0 unspecified atom stereocenters. The van der Waals surface area contributed by atoms with Gasteiger partial charge in [-0.2, -0.15) is 5.10 Å². The van der Waals surface area contributed by atoms with Gasteiger partial charge in [-0.15, -0.1) is 0 Å². The Morgan fingerprint density at radius 3 is 2.26 bits per heavy atom. The third kappa shape index (κ3) is 9.07. The Bertz CT molecular complexity index is 1290. The normalized spacial score (nSPS) is 10.7. The van der Waals surface area contributed by atoms with Crippen LogP contribution in [0.1, 0.15) is 48.7 Å². The van der Waals surface area contributed by atoms with Crippen LogP contribution in [0, 0.1) is 6.92 Å². The fourth-order valence-corrected chi connectivity index (χ4v) is 3.53. The highest BCUT2D eigenvalue weighted by Gasteiger charge is 2.12. The average Bonchev–Trinajstić information content (AvgIpc) is 2.92. The number of amides is 2. The van der Waals surface area contributed by atoms with Crippen LogP contribution in [0.5, 0.6) is 23.0 Å². The maximum atomic E-state index is 12.6. The molecule has 0 bridgehead atoms. The van der Waals surface area contributed by atoms with Crippen molar-refractivity contribution in [1.82, 2.24) is 5.43 Å². The molecule has 0 aliphatic rings. The van der Waals surface area contributed by atoms with E-state index in [9.17, 15) is 9.59 Å². The summed E-state index contributed by atoms with van der Waals surface area (Å²) in [6.45, 7) is 8.93. The average molecular weight is 534 g/mol. The van der Waals surface area contributed by atoms with E-state index in [0.29, 0.717) is 59.6 Å². The monoisotopic (exact) mass is 533 g/mol. The Morgan fingerprint density at radius 2 is 1.54 bits per heavy atom. The molecule has 3 rings (SSSR count). The minimum absolute atomic E-state index is 0.177. The third-order valence-corrected chi connectivity index (χ3v) is 5.28. The zero-order valence-electron chi connectivity index (χ0n) is 22.8. The zero-order chi connectivity index (χ0) is 28.0. The first-order chi connectivity index (χ1) is 18.9. The number of benzene rings is 3. The molecule has 0 radical (unpaired) electrons. The summed E-state index contributed by atoms with van der Waals surface area (Å²) in [5.41, 5.74) is 5.34. The topological polar surface area (TPSA) is 107 Å². The van der Waals surface area contributed by atoms with Crippen LogP contribution in [-0.4, -0.2) is 44.5 Å². The van der Waals surface area contributed by atoms with Crippen LogP contribution in [0.25, 0.3) is 0 Å². The molecule has 3 aromatic carbocycles. The number of carbonyl (C=O) groups is 2. The summed E-state index contributed by atoms with van der Waals surface area (Å²) in [4.78, 5) is 25.0. The van der Waals surface area contributed by atoms with Crippen LogP contribution in [0.4, 0.5) is 5.69 Å². The second-order valence-electron chi connectivity index (χ2n) is 8.49. The Morgan fingerprint density at radius 1 is 0.821 bits per heavy atom. The molecule has 0 heterocycles. The third-order valence-electron chi connectivity index (χ3n) is 5.28. The van der Waals surface area contributed by atoms with E-state index in [4.69, 9.17) is 18.9 Å². The molecule has 0 aliphatic carbocycles. The number of anilines is 1. The summed E-state index contributed by atoms with van der Waals surface area (Å²) >= 11 is 0. The predicted octanol–water partition coefficient (Wildman–Crippen LogP) is 5.36. The van der Waals surface area contributed by atoms with Gasteiger partial charge in [0.05, 0.1) is 26.0 Å². The number of carbonyl (C=O) groups excluding carboxylic acids is 2. The minimum atomic E-state index is -0.390. The molecular formula is C30H35N3O6. The Labute approximate surface area is 229 Å². The molecular weight excluding hydrogens is 498 g/mol. The second-order valence-corrected chi connectivity index (χ2v) is 8.49. The number of hydrogen-bond donors (Lipinski definition) is 2. The minimum Gasteiger partial charge on any atom is -0.490 e. The van der Waals surface area contributed by atoms with Crippen LogP contribution >= 0.6 is 0 Å². The van der Waals surface area contributed by atoms with Gasteiger partial charge in [-0.05, 0) is 86.8 Å². The number of nitrogens with one attached hydrogen (secondary N) is 2. The fourth-order valence-electron chi connectivity index (χ4n) is 3.53. The van der Waals surface area contributed by atoms with Crippen molar-refractivity contribution >= 4 is 23.7 Å². The first-order valence-electron chi connectivity index (χ1n) is 12.9. The van der Waals surface area contributed by atoms with Crippen molar-refractivity contribution in [3.8, 4) is 23.0 Å². The lowest BCUT2D eigenvalue weighted by Crippen LogP contribution is -2.20. The van der Waals surface area contributed by atoms with E-state index in [1.165, 1.54) is 6.21 Å². The molecule has 9 nitrogen and oxygen atoms in total. The van der Waals surface area contributed by atoms with Gasteiger partial charge in [0.25, 0.3) is 11.8 Å². The molecule has 3 aromatic rings. The van der Waals surface area contributed by atoms with Gasteiger partial charge in [0, 0.05) is 11.3 Å².